The fraction of sp³-hybridized carbons (Fsp3) is 0.308. The molecule has 1 nitrogen and oxygen atoms in total. The van der Waals surface area contributed by atoms with E-state index in [1.54, 1.807) is 0 Å². The van der Waals surface area contributed by atoms with Crippen LogP contribution >= 0.6 is 11.6 Å². The second-order valence-electron chi connectivity index (χ2n) is 4.18. The summed E-state index contributed by atoms with van der Waals surface area (Å²) in [6.07, 6.45) is 3.55. The minimum absolute atomic E-state index is 0.797. The van der Waals surface area contributed by atoms with Crippen molar-refractivity contribution in [2.75, 3.05) is 0 Å². The number of aryl methyl sites for hydroxylation is 2. The maximum Gasteiger partial charge on any atom is 0.0709 e. The summed E-state index contributed by atoms with van der Waals surface area (Å²) in [5.74, 6) is 0. The van der Waals surface area contributed by atoms with E-state index in [0.29, 0.717) is 0 Å². The summed E-state index contributed by atoms with van der Waals surface area (Å²) in [7, 11) is 0. The van der Waals surface area contributed by atoms with Crippen LogP contribution in [0, 0.1) is 6.92 Å². The second kappa shape index (κ2) is 3.21. The summed E-state index contributed by atoms with van der Waals surface area (Å²) < 4.78 is 0. The molecule has 0 atom stereocenters. The van der Waals surface area contributed by atoms with Crippen molar-refractivity contribution < 1.29 is 0 Å². The molecule has 3 rings (SSSR count). The van der Waals surface area contributed by atoms with E-state index in [0.717, 1.165) is 17.0 Å². The lowest BCUT2D eigenvalue weighted by atomic mass is 10.0. The van der Waals surface area contributed by atoms with Crippen LogP contribution in [0.2, 0.25) is 5.02 Å². The summed E-state index contributed by atoms with van der Waals surface area (Å²) in [4.78, 5) is 4.70. The minimum atomic E-state index is 0.797. The van der Waals surface area contributed by atoms with Gasteiger partial charge in [0.1, 0.15) is 0 Å². The highest BCUT2D eigenvalue weighted by Crippen LogP contribution is 2.30. The Morgan fingerprint density at radius 1 is 1.27 bits per heavy atom. The standard InChI is InChI=1S/C13H12ClN/c1-8-10-3-2-4-12(10)15-13-6-5-9(14)7-11(8)13/h5-7H,2-4H2,1H3. The van der Waals surface area contributed by atoms with E-state index in [-0.39, 0.29) is 0 Å². The number of benzene rings is 1. The van der Waals surface area contributed by atoms with Crippen molar-refractivity contribution >= 4 is 22.5 Å². The monoisotopic (exact) mass is 217 g/mol. The number of rotatable bonds is 0. The minimum Gasteiger partial charge on any atom is -0.253 e. The molecule has 0 saturated heterocycles. The molecular formula is C13H12ClN. The summed E-state index contributed by atoms with van der Waals surface area (Å²) in [5, 5.41) is 2.01. The molecule has 0 spiro atoms. The lowest BCUT2D eigenvalue weighted by Gasteiger charge is -2.08. The van der Waals surface area contributed by atoms with Crippen molar-refractivity contribution in [2.45, 2.75) is 26.2 Å². The highest BCUT2D eigenvalue weighted by Gasteiger charge is 2.16. The van der Waals surface area contributed by atoms with Crippen molar-refractivity contribution in [1.29, 1.82) is 0 Å². The number of fused-ring (bicyclic) bond motifs is 2. The Labute approximate surface area is 94.1 Å². The number of pyridine rings is 1. The number of hydrogen-bond acceptors (Lipinski definition) is 1. The first-order chi connectivity index (χ1) is 7.25. The van der Waals surface area contributed by atoms with Crippen LogP contribution in [0.4, 0.5) is 0 Å². The van der Waals surface area contributed by atoms with Gasteiger partial charge in [0.25, 0.3) is 0 Å². The van der Waals surface area contributed by atoms with Crippen molar-refractivity contribution in [3.8, 4) is 0 Å². The van der Waals surface area contributed by atoms with E-state index >= 15 is 0 Å². The molecule has 0 bridgehead atoms. The molecule has 1 heterocycles. The van der Waals surface area contributed by atoms with Crippen molar-refractivity contribution in [3.05, 3.63) is 40.0 Å². The van der Waals surface area contributed by atoms with Gasteiger partial charge in [-0.2, -0.15) is 0 Å². The molecule has 1 aromatic heterocycles. The van der Waals surface area contributed by atoms with E-state index in [1.165, 1.54) is 35.0 Å². The summed E-state index contributed by atoms with van der Waals surface area (Å²) >= 11 is 6.01. The molecule has 0 fully saturated rings. The van der Waals surface area contributed by atoms with Crippen LogP contribution in [-0.2, 0) is 12.8 Å². The quantitative estimate of drug-likeness (QED) is 0.656. The van der Waals surface area contributed by atoms with E-state index < -0.39 is 0 Å². The predicted molar refractivity (Wildman–Crippen MR) is 63.5 cm³/mol. The van der Waals surface area contributed by atoms with Crippen molar-refractivity contribution in [2.24, 2.45) is 0 Å². The van der Waals surface area contributed by atoms with Gasteiger partial charge in [-0.3, -0.25) is 4.98 Å². The van der Waals surface area contributed by atoms with Gasteiger partial charge in [0.15, 0.2) is 0 Å². The number of hydrogen-bond donors (Lipinski definition) is 0. The van der Waals surface area contributed by atoms with E-state index in [1.807, 2.05) is 18.2 Å². The Bertz CT molecular complexity index is 546. The third-order valence-corrected chi connectivity index (χ3v) is 3.49. The van der Waals surface area contributed by atoms with Crippen LogP contribution in [0.15, 0.2) is 18.2 Å². The molecule has 0 radical (unpaired) electrons. The molecule has 0 unspecified atom stereocenters. The van der Waals surface area contributed by atoms with Crippen LogP contribution in [-0.4, -0.2) is 4.98 Å². The van der Waals surface area contributed by atoms with Crippen LogP contribution in [0.1, 0.15) is 23.2 Å². The summed E-state index contributed by atoms with van der Waals surface area (Å²) in [6.45, 7) is 2.19. The third-order valence-electron chi connectivity index (χ3n) is 3.26. The van der Waals surface area contributed by atoms with Gasteiger partial charge in [-0.1, -0.05) is 11.6 Å². The maximum absolute atomic E-state index is 6.01. The number of aromatic nitrogens is 1. The average molecular weight is 218 g/mol. The first-order valence-corrected chi connectivity index (χ1v) is 5.71. The number of nitrogens with zero attached hydrogens (tertiary/aromatic N) is 1. The third kappa shape index (κ3) is 1.34. The molecule has 0 saturated carbocycles. The summed E-state index contributed by atoms with van der Waals surface area (Å²) in [5.41, 5.74) is 5.19. The largest absolute Gasteiger partial charge is 0.253 e. The average Bonchev–Trinajstić information content (AvgIpc) is 2.68. The topological polar surface area (TPSA) is 12.9 Å². The molecule has 0 N–H and O–H groups in total. The van der Waals surface area contributed by atoms with E-state index in [2.05, 4.69) is 6.92 Å². The van der Waals surface area contributed by atoms with Gasteiger partial charge >= 0.3 is 0 Å². The van der Waals surface area contributed by atoms with Crippen molar-refractivity contribution in [3.63, 3.8) is 0 Å². The van der Waals surface area contributed by atoms with Crippen LogP contribution < -0.4 is 0 Å². The zero-order valence-corrected chi connectivity index (χ0v) is 9.43. The fourth-order valence-corrected chi connectivity index (χ4v) is 2.64. The zero-order chi connectivity index (χ0) is 10.4. The molecule has 0 amide bonds. The van der Waals surface area contributed by atoms with Crippen LogP contribution in [0.3, 0.4) is 0 Å². The maximum atomic E-state index is 6.01. The Morgan fingerprint density at radius 3 is 3.00 bits per heavy atom. The summed E-state index contributed by atoms with van der Waals surface area (Å²) in [6, 6.07) is 5.96. The SMILES string of the molecule is Cc1c2c(nc3ccc(Cl)cc13)CCC2. The van der Waals surface area contributed by atoms with Gasteiger partial charge in [-0.15, -0.1) is 0 Å². The van der Waals surface area contributed by atoms with E-state index in [4.69, 9.17) is 16.6 Å². The fourth-order valence-electron chi connectivity index (χ4n) is 2.47. The van der Waals surface area contributed by atoms with E-state index in [9.17, 15) is 0 Å². The molecule has 2 aromatic rings. The lowest BCUT2D eigenvalue weighted by Crippen LogP contribution is -1.94. The lowest BCUT2D eigenvalue weighted by molar-refractivity contribution is 0.900. The Balaban J connectivity index is 2.41. The molecular weight excluding hydrogens is 206 g/mol. The van der Waals surface area contributed by atoms with Crippen LogP contribution in [0.25, 0.3) is 10.9 Å². The molecule has 76 valence electrons. The van der Waals surface area contributed by atoms with Gasteiger partial charge in [-0.25, -0.2) is 0 Å². The van der Waals surface area contributed by atoms with Gasteiger partial charge in [-0.05, 0) is 55.5 Å². The first-order valence-electron chi connectivity index (χ1n) is 5.33. The van der Waals surface area contributed by atoms with Crippen LogP contribution in [0.5, 0.6) is 0 Å². The first kappa shape index (κ1) is 9.17. The number of halogens is 1. The van der Waals surface area contributed by atoms with Gasteiger partial charge in [0.2, 0.25) is 0 Å². The Kier molecular flexibility index (Phi) is 1.96. The molecule has 2 heteroatoms. The molecule has 1 aliphatic carbocycles. The normalized spacial score (nSPS) is 14.5. The second-order valence-corrected chi connectivity index (χ2v) is 4.61. The highest BCUT2D eigenvalue weighted by molar-refractivity contribution is 6.31. The van der Waals surface area contributed by atoms with Gasteiger partial charge in [0.05, 0.1) is 5.52 Å². The van der Waals surface area contributed by atoms with Crippen molar-refractivity contribution in [1.82, 2.24) is 4.98 Å². The molecule has 1 aliphatic rings. The molecule has 1 aromatic carbocycles. The van der Waals surface area contributed by atoms with Gasteiger partial charge < -0.3 is 0 Å². The van der Waals surface area contributed by atoms with Gasteiger partial charge in [0, 0.05) is 16.1 Å². The highest BCUT2D eigenvalue weighted by atomic mass is 35.5. The molecule has 0 aliphatic heterocycles. The Hall–Kier alpha value is -1.08. The zero-order valence-electron chi connectivity index (χ0n) is 8.68. The molecule has 15 heavy (non-hydrogen) atoms. The predicted octanol–water partition coefficient (Wildman–Crippen LogP) is 3.69. The smallest absolute Gasteiger partial charge is 0.0709 e. The Morgan fingerprint density at radius 2 is 2.13 bits per heavy atom.